The molecule has 2 rings (SSSR count). The lowest BCUT2D eigenvalue weighted by Gasteiger charge is -2.25. The van der Waals surface area contributed by atoms with E-state index >= 15 is 0 Å². The Balaban J connectivity index is 2.21. The van der Waals surface area contributed by atoms with Crippen LogP contribution in [0.3, 0.4) is 0 Å². The van der Waals surface area contributed by atoms with Crippen LogP contribution in [0.5, 0.6) is 0 Å². The first-order valence-electron chi connectivity index (χ1n) is 5.71. The number of aromatic amines is 1. The van der Waals surface area contributed by atoms with Crippen molar-refractivity contribution >= 4 is 5.91 Å². The molecule has 1 unspecified atom stereocenters. The van der Waals surface area contributed by atoms with E-state index in [0.717, 1.165) is 12.1 Å². The number of hydrogen-bond donors (Lipinski definition) is 1. The molecule has 4 nitrogen and oxygen atoms in total. The maximum atomic E-state index is 13.2. The minimum absolute atomic E-state index is 0.244. The standard InChI is InChI=1S/C13H13F2N3O/c1-8(9-3-4-11(14)12(15)5-9)18(2)13(19)10-6-16-17-7-10/h3-8H,1-2H3,(H,16,17). The summed E-state index contributed by atoms with van der Waals surface area (Å²) in [4.78, 5) is 13.5. The quantitative estimate of drug-likeness (QED) is 0.927. The molecular weight excluding hydrogens is 252 g/mol. The summed E-state index contributed by atoms with van der Waals surface area (Å²) in [5.74, 6) is -2.07. The fraction of sp³-hybridized carbons (Fsp3) is 0.231. The molecule has 1 amide bonds. The highest BCUT2D eigenvalue weighted by Crippen LogP contribution is 2.22. The second-order valence-corrected chi connectivity index (χ2v) is 4.25. The number of hydrogen-bond acceptors (Lipinski definition) is 2. The Labute approximate surface area is 109 Å². The number of amides is 1. The molecule has 1 aromatic carbocycles. The fourth-order valence-corrected chi connectivity index (χ4v) is 1.74. The van der Waals surface area contributed by atoms with Crippen LogP contribution >= 0.6 is 0 Å². The van der Waals surface area contributed by atoms with E-state index in [4.69, 9.17) is 0 Å². The Kier molecular flexibility index (Phi) is 3.59. The molecular formula is C13H13F2N3O. The highest BCUT2D eigenvalue weighted by atomic mass is 19.2. The van der Waals surface area contributed by atoms with Gasteiger partial charge in [-0.05, 0) is 24.6 Å². The van der Waals surface area contributed by atoms with Crippen LogP contribution in [-0.2, 0) is 0 Å². The third kappa shape index (κ3) is 2.62. The van der Waals surface area contributed by atoms with E-state index in [-0.39, 0.29) is 11.9 Å². The molecule has 0 fully saturated rings. The summed E-state index contributed by atoms with van der Waals surface area (Å²) in [5, 5.41) is 6.26. The van der Waals surface area contributed by atoms with Crippen LogP contribution in [0.15, 0.2) is 30.6 Å². The van der Waals surface area contributed by atoms with Crippen molar-refractivity contribution in [1.29, 1.82) is 0 Å². The van der Waals surface area contributed by atoms with Gasteiger partial charge in [-0.15, -0.1) is 0 Å². The van der Waals surface area contributed by atoms with Gasteiger partial charge < -0.3 is 4.90 Å². The third-order valence-corrected chi connectivity index (χ3v) is 3.07. The van der Waals surface area contributed by atoms with Crippen LogP contribution in [-0.4, -0.2) is 28.1 Å². The number of benzene rings is 1. The fourth-order valence-electron chi connectivity index (χ4n) is 1.74. The summed E-state index contributed by atoms with van der Waals surface area (Å²) < 4.78 is 26.1. The largest absolute Gasteiger partial charge is 0.335 e. The zero-order chi connectivity index (χ0) is 14.0. The molecule has 0 aliphatic carbocycles. The highest BCUT2D eigenvalue weighted by molar-refractivity contribution is 5.93. The molecule has 0 radical (unpaired) electrons. The summed E-state index contributed by atoms with van der Waals surface area (Å²) in [6.07, 6.45) is 2.90. The van der Waals surface area contributed by atoms with E-state index in [9.17, 15) is 13.6 Å². The number of rotatable bonds is 3. The first-order chi connectivity index (χ1) is 9.00. The predicted molar refractivity (Wildman–Crippen MR) is 65.5 cm³/mol. The van der Waals surface area contributed by atoms with Crippen LogP contribution in [0.25, 0.3) is 0 Å². The Morgan fingerprint density at radius 1 is 1.37 bits per heavy atom. The third-order valence-electron chi connectivity index (χ3n) is 3.07. The molecule has 19 heavy (non-hydrogen) atoms. The van der Waals surface area contributed by atoms with Gasteiger partial charge in [-0.2, -0.15) is 5.10 Å². The van der Waals surface area contributed by atoms with Crippen LogP contribution < -0.4 is 0 Å². The highest BCUT2D eigenvalue weighted by Gasteiger charge is 2.20. The van der Waals surface area contributed by atoms with E-state index in [1.807, 2.05) is 0 Å². The lowest BCUT2D eigenvalue weighted by Crippen LogP contribution is -2.29. The first-order valence-corrected chi connectivity index (χ1v) is 5.71. The molecule has 0 saturated heterocycles. The summed E-state index contributed by atoms with van der Waals surface area (Å²) in [5.41, 5.74) is 0.940. The molecule has 1 aromatic heterocycles. The van der Waals surface area contributed by atoms with Crippen molar-refractivity contribution in [3.05, 3.63) is 53.4 Å². The monoisotopic (exact) mass is 265 g/mol. The van der Waals surface area contributed by atoms with Crippen molar-refractivity contribution in [3.63, 3.8) is 0 Å². The van der Waals surface area contributed by atoms with Gasteiger partial charge in [0.15, 0.2) is 11.6 Å². The molecule has 1 heterocycles. The zero-order valence-corrected chi connectivity index (χ0v) is 10.5. The maximum absolute atomic E-state index is 13.2. The Morgan fingerprint density at radius 3 is 2.68 bits per heavy atom. The number of carbonyl (C=O) groups is 1. The Hall–Kier alpha value is -2.24. The Morgan fingerprint density at radius 2 is 2.11 bits per heavy atom. The van der Waals surface area contributed by atoms with Crippen molar-refractivity contribution in [2.45, 2.75) is 13.0 Å². The van der Waals surface area contributed by atoms with Crippen LogP contribution in [0.1, 0.15) is 28.9 Å². The molecule has 2 aromatic rings. The molecule has 0 aliphatic heterocycles. The normalized spacial score (nSPS) is 12.2. The van der Waals surface area contributed by atoms with Gasteiger partial charge in [-0.3, -0.25) is 9.89 Å². The number of nitrogens with zero attached hydrogens (tertiary/aromatic N) is 2. The van der Waals surface area contributed by atoms with Gasteiger partial charge in [0.1, 0.15) is 0 Å². The maximum Gasteiger partial charge on any atom is 0.257 e. The van der Waals surface area contributed by atoms with Crippen LogP contribution in [0.4, 0.5) is 8.78 Å². The second-order valence-electron chi connectivity index (χ2n) is 4.25. The van der Waals surface area contributed by atoms with Crippen molar-refractivity contribution in [2.24, 2.45) is 0 Å². The van der Waals surface area contributed by atoms with Gasteiger partial charge in [0.25, 0.3) is 5.91 Å². The molecule has 0 spiro atoms. The van der Waals surface area contributed by atoms with Gasteiger partial charge >= 0.3 is 0 Å². The topological polar surface area (TPSA) is 49.0 Å². The zero-order valence-electron chi connectivity index (χ0n) is 10.5. The van der Waals surface area contributed by atoms with Crippen molar-refractivity contribution in [2.75, 3.05) is 7.05 Å². The van der Waals surface area contributed by atoms with Crippen molar-refractivity contribution in [3.8, 4) is 0 Å². The minimum Gasteiger partial charge on any atom is -0.335 e. The van der Waals surface area contributed by atoms with Gasteiger partial charge in [-0.25, -0.2) is 8.78 Å². The molecule has 0 saturated carbocycles. The molecule has 1 N–H and O–H groups in total. The summed E-state index contributed by atoms with van der Waals surface area (Å²) >= 11 is 0. The number of aromatic nitrogens is 2. The summed E-state index contributed by atoms with van der Waals surface area (Å²) in [6, 6.07) is 3.23. The lowest BCUT2D eigenvalue weighted by atomic mass is 10.1. The van der Waals surface area contributed by atoms with Crippen LogP contribution in [0, 0.1) is 11.6 Å². The molecule has 6 heteroatoms. The first kappa shape index (κ1) is 13.2. The Bertz CT molecular complexity index is 584. The number of nitrogens with one attached hydrogen (secondary N) is 1. The summed E-state index contributed by atoms with van der Waals surface area (Å²) in [7, 11) is 1.60. The lowest BCUT2D eigenvalue weighted by molar-refractivity contribution is 0.0742. The molecule has 0 bridgehead atoms. The second kappa shape index (κ2) is 5.17. The number of carbonyl (C=O) groups excluding carboxylic acids is 1. The van der Waals surface area contributed by atoms with E-state index < -0.39 is 11.6 Å². The minimum atomic E-state index is -0.923. The molecule has 1 atom stereocenters. The van der Waals surface area contributed by atoms with Gasteiger partial charge in [0.05, 0.1) is 17.8 Å². The average molecular weight is 265 g/mol. The van der Waals surface area contributed by atoms with Gasteiger partial charge in [0.2, 0.25) is 0 Å². The SMILES string of the molecule is CC(c1ccc(F)c(F)c1)N(C)C(=O)c1cn[nH]c1. The van der Waals surface area contributed by atoms with Gasteiger partial charge in [-0.1, -0.05) is 6.07 Å². The van der Waals surface area contributed by atoms with E-state index in [2.05, 4.69) is 10.2 Å². The predicted octanol–water partition coefficient (Wildman–Crippen LogP) is 2.52. The number of H-pyrrole nitrogens is 1. The van der Waals surface area contributed by atoms with E-state index in [1.54, 1.807) is 14.0 Å². The smallest absolute Gasteiger partial charge is 0.257 e. The van der Waals surface area contributed by atoms with Crippen molar-refractivity contribution in [1.82, 2.24) is 15.1 Å². The molecule has 0 aliphatic rings. The van der Waals surface area contributed by atoms with E-state index in [1.165, 1.54) is 23.4 Å². The molecule has 100 valence electrons. The van der Waals surface area contributed by atoms with Gasteiger partial charge in [0, 0.05) is 13.2 Å². The number of halogens is 2. The van der Waals surface area contributed by atoms with E-state index in [0.29, 0.717) is 11.1 Å². The van der Waals surface area contributed by atoms with Crippen LogP contribution in [0.2, 0.25) is 0 Å². The summed E-state index contributed by atoms with van der Waals surface area (Å²) in [6.45, 7) is 1.74. The van der Waals surface area contributed by atoms with Crippen molar-refractivity contribution < 1.29 is 13.6 Å². The average Bonchev–Trinajstić information content (AvgIpc) is 2.93.